The van der Waals surface area contributed by atoms with Crippen LogP contribution in [0.2, 0.25) is 0 Å². The van der Waals surface area contributed by atoms with Crippen molar-refractivity contribution in [1.29, 1.82) is 0 Å². The Morgan fingerprint density at radius 1 is 0.811 bits per heavy atom. The van der Waals surface area contributed by atoms with Gasteiger partial charge in [0.15, 0.2) is 5.75 Å². The van der Waals surface area contributed by atoms with Crippen LogP contribution in [0.5, 0.6) is 11.5 Å². The Morgan fingerprint density at radius 2 is 1.41 bits per heavy atom. The molecule has 3 aromatic carbocycles. The fraction of sp³-hybridized carbons (Fsp3) is 0. The molecule has 21 heteroatoms. The van der Waals surface area contributed by atoms with E-state index in [2.05, 4.69) is 10.2 Å². The predicted molar refractivity (Wildman–Crippen MR) is 112 cm³/mol. The molecule has 0 heterocycles. The number of nitrogens with zero attached hydrogens (tertiary/aromatic N) is 4. The number of fused-ring (bicyclic) bond motifs is 1. The summed E-state index contributed by atoms with van der Waals surface area (Å²) in [6.07, 6.45) is 0. The van der Waals surface area contributed by atoms with Crippen molar-refractivity contribution in [1.82, 2.24) is 0 Å². The van der Waals surface area contributed by atoms with E-state index >= 15 is 0 Å². The number of nitrogen functional groups attached to an aromatic ring is 1. The van der Waals surface area contributed by atoms with Gasteiger partial charge in [-0.05, 0) is 23.6 Å². The van der Waals surface area contributed by atoms with Crippen LogP contribution in [0, 0.1) is 20.2 Å². The van der Waals surface area contributed by atoms with Crippen molar-refractivity contribution < 1.29 is 105 Å². The molecule has 4 N–H and O–H groups in total. The minimum atomic E-state index is -5.48. The van der Waals surface area contributed by atoms with Crippen LogP contribution in [-0.4, -0.2) is 46.0 Å². The molecule has 0 atom stereocenters. The monoisotopic (exact) mass is 573 g/mol. The summed E-state index contributed by atoms with van der Waals surface area (Å²) in [4.78, 5) is 17.7. The summed E-state index contributed by atoms with van der Waals surface area (Å²) in [5.41, 5.74) is 1.07. The molecular weight excluding hydrogens is 564 g/mol. The molecule has 0 radical (unpaired) electrons. The molecule has 0 aliphatic carbocycles. The molecule has 0 aliphatic heterocycles. The second-order valence-corrected chi connectivity index (χ2v) is 9.37. The summed E-state index contributed by atoms with van der Waals surface area (Å²) in [7, 11) is -10.6. The molecule has 0 unspecified atom stereocenters. The van der Waals surface area contributed by atoms with Crippen molar-refractivity contribution in [2.75, 3.05) is 5.73 Å². The molecule has 3 aromatic rings. The average Bonchev–Trinajstić information content (AvgIpc) is 2.71. The maximum Gasteiger partial charge on any atom is 1.00 e. The Hall–Kier alpha value is -2.46. The smallest absolute Gasteiger partial charge is 0.744 e. The van der Waals surface area contributed by atoms with E-state index in [1.807, 2.05) is 0 Å². The zero-order valence-corrected chi connectivity index (χ0v) is 24.2. The third kappa shape index (κ3) is 6.71. The number of nitrogens with two attached hydrogens (primary N) is 1. The number of hydrogen-bond acceptors (Lipinski definition) is 15. The molecule has 17 nitrogen and oxygen atoms in total. The Kier molecular flexibility index (Phi) is 10.1. The largest absolute Gasteiger partial charge is 1.00 e. The van der Waals surface area contributed by atoms with Crippen LogP contribution in [-0.2, 0) is 20.2 Å². The molecule has 0 aliphatic rings. The quantitative estimate of drug-likeness (QED) is 0.0631. The van der Waals surface area contributed by atoms with Crippen molar-refractivity contribution in [2.24, 2.45) is 10.2 Å². The number of phenolic OH excluding ortho intramolecular Hbond substituents is 2. The summed E-state index contributed by atoms with van der Waals surface area (Å²) in [6.45, 7) is 0. The van der Waals surface area contributed by atoms with E-state index in [9.17, 15) is 56.4 Å². The molecule has 3 rings (SSSR count). The summed E-state index contributed by atoms with van der Waals surface area (Å²) in [6, 6.07) is 2.77. The summed E-state index contributed by atoms with van der Waals surface area (Å²) >= 11 is 0. The fourth-order valence-corrected chi connectivity index (χ4v) is 4.13. The van der Waals surface area contributed by atoms with Gasteiger partial charge in [-0.15, -0.1) is 10.2 Å². The number of anilines is 1. The van der Waals surface area contributed by atoms with Crippen LogP contribution in [0.1, 0.15) is 0 Å². The number of nitro benzene ring substituents is 2. The normalized spacial score (nSPS) is 11.6. The van der Waals surface area contributed by atoms with Crippen molar-refractivity contribution in [3.63, 3.8) is 0 Å². The summed E-state index contributed by atoms with van der Waals surface area (Å²) in [5.74, 6) is -2.34. The van der Waals surface area contributed by atoms with Gasteiger partial charge in [0.1, 0.15) is 31.6 Å². The van der Waals surface area contributed by atoms with Crippen LogP contribution < -0.4 is 64.8 Å². The third-order valence-corrected chi connectivity index (χ3v) is 6.09. The van der Waals surface area contributed by atoms with Gasteiger partial charge >= 0.3 is 64.8 Å². The van der Waals surface area contributed by atoms with Gasteiger partial charge in [0.2, 0.25) is 5.75 Å². The summed E-state index contributed by atoms with van der Waals surface area (Å²) in [5, 5.41) is 48.4. The minimum absolute atomic E-state index is 0. The van der Waals surface area contributed by atoms with E-state index in [-0.39, 0.29) is 59.1 Å². The molecule has 0 amide bonds. The van der Waals surface area contributed by atoms with Gasteiger partial charge in [-0.25, -0.2) is 16.8 Å². The molecule has 0 aromatic heterocycles. The van der Waals surface area contributed by atoms with Crippen LogP contribution in [0.15, 0.2) is 50.4 Å². The predicted octanol–water partition coefficient (Wildman–Crippen LogP) is -4.12. The number of benzene rings is 3. The molecule has 0 fully saturated rings. The minimum Gasteiger partial charge on any atom is -0.744 e. The summed E-state index contributed by atoms with van der Waals surface area (Å²) < 4.78 is 69.2. The molecule has 0 spiro atoms. The Bertz CT molecular complexity index is 1690. The van der Waals surface area contributed by atoms with E-state index in [4.69, 9.17) is 5.73 Å². The topological polar surface area (TPSA) is 292 Å². The first-order valence-corrected chi connectivity index (χ1v) is 11.4. The van der Waals surface area contributed by atoms with Gasteiger partial charge in [-0.1, -0.05) is 0 Å². The van der Waals surface area contributed by atoms with Crippen molar-refractivity contribution in [2.45, 2.75) is 9.79 Å². The zero-order valence-electron chi connectivity index (χ0n) is 18.5. The zero-order chi connectivity index (χ0) is 26.5. The van der Waals surface area contributed by atoms with Crippen LogP contribution in [0.4, 0.5) is 28.4 Å². The Balaban J connectivity index is 0.00000342. The Labute approximate surface area is 250 Å². The Morgan fingerprint density at radius 3 is 1.89 bits per heavy atom. The fourth-order valence-electron chi connectivity index (χ4n) is 2.94. The SMILES string of the molecule is Nc1cc(S(=O)(=O)[O-])cc2cc(S(=O)(=O)[O-])c(N=Nc3cc([N+](=O)[O-])cc([N+](=O)[O-])c3O)c(O)c12.[Na+].[Na+]. The molecule has 0 saturated heterocycles. The van der Waals surface area contributed by atoms with E-state index in [0.717, 1.165) is 0 Å². The van der Waals surface area contributed by atoms with E-state index in [1.54, 1.807) is 0 Å². The van der Waals surface area contributed by atoms with Crippen LogP contribution >= 0.6 is 0 Å². The number of non-ortho nitro benzene ring substituents is 1. The molecule has 37 heavy (non-hydrogen) atoms. The van der Waals surface area contributed by atoms with E-state index in [0.29, 0.717) is 30.3 Å². The van der Waals surface area contributed by atoms with Gasteiger partial charge in [0.05, 0.1) is 25.7 Å². The first-order chi connectivity index (χ1) is 16.0. The van der Waals surface area contributed by atoms with Gasteiger partial charge in [0, 0.05) is 17.1 Å². The first-order valence-electron chi connectivity index (χ1n) is 8.61. The van der Waals surface area contributed by atoms with Gasteiger partial charge < -0.3 is 25.1 Å². The van der Waals surface area contributed by atoms with Crippen LogP contribution in [0.3, 0.4) is 0 Å². The third-order valence-electron chi connectivity index (χ3n) is 4.43. The van der Waals surface area contributed by atoms with Gasteiger partial charge in [-0.3, -0.25) is 20.2 Å². The number of aromatic hydroxyl groups is 2. The van der Waals surface area contributed by atoms with E-state index in [1.165, 1.54) is 0 Å². The van der Waals surface area contributed by atoms with Gasteiger partial charge in [0.25, 0.3) is 5.69 Å². The molecule has 184 valence electrons. The maximum atomic E-state index is 11.8. The van der Waals surface area contributed by atoms with Crippen molar-refractivity contribution >= 4 is 59.4 Å². The second-order valence-electron chi connectivity index (χ2n) is 6.64. The van der Waals surface area contributed by atoms with Crippen molar-refractivity contribution in [3.8, 4) is 11.5 Å². The maximum absolute atomic E-state index is 11.8. The standard InChI is InChI=1S/C16H11N5O12S2.2Na/c17-9-5-8(34(28,29)30)1-6-2-12(35(31,32)33)14(16(23)13(6)9)19-18-10-3-7(20(24)25)4-11(15(10)22)21(26)27;;/h1-5,22-23H,17H2,(H,28,29,30)(H,31,32,33);;/q;2*+1/p-2. The van der Waals surface area contributed by atoms with Gasteiger partial charge in [-0.2, -0.15) is 0 Å². The number of phenols is 2. The van der Waals surface area contributed by atoms with Crippen molar-refractivity contribution in [3.05, 3.63) is 50.6 Å². The average molecular weight is 573 g/mol. The molecular formula is C16H9N5Na2O12S2. The van der Waals surface area contributed by atoms with Crippen LogP contribution in [0.25, 0.3) is 10.8 Å². The number of hydrogen-bond donors (Lipinski definition) is 3. The number of nitro groups is 2. The second kappa shape index (κ2) is 11.5. The molecule has 0 saturated carbocycles. The first kappa shape index (κ1) is 32.6. The van der Waals surface area contributed by atoms with E-state index < -0.39 is 90.6 Å². The number of rotatable bonds is 6. The number of azo groups is 1. The molecule has 0 bridgehead atoms.